The number of benzene rings is 2. The first-order chi connectivity index (χ1) is 14.6. The molecule has 0 bridgehead atoms. The minimum atomic E-state index is -3.89. The van der Waals surface area contributed by atoms with E-state index in [1.54, 1.807) is 6.92 Å². The van der Waals surface area contributed by atoms with E-state index in [0.29, 0.717) is 11.1 Å². The third-order valence-electron chi connectivity index (χ3n) is 4.65. The van der Waals surface area contributed by atoms with Gasteiger partial charge < -0.3 is 9.72 Å². The number of nitrogens with one attached hydrogen (secondary N) is 2. The van der Waals surface area contributed by atoms with E-state index in [4.69, 9.17) is 27.9 Å². The number of aromatic nitrogens is 2. The average molecular weight is 490 g/mol. The molecule has 0 spiro atoms. The Kier molecular flexibility index (Phi) is 7.33. The van der Waals surface area contributed by atoms with Gasteiger partial charge in [0.1, 0.15) is 17.5 Å². The molecule has 0 saturated heterocycles. The zero-order valence-electron chi connectivity index (χ0n) is 16.5. The van der Waals surface area contributed by atoms with Gasteiger partial charge in [-0.3, -0.25) is 0 Å². The number of aromatic amines is 1. The third kappa shape index (κ3) is 5.42. The molecule has 31 heavy (non-hydrogen) atoms. The van der Waals surface area contributed by atoms with Crippen LogP contribution in [0, 0.1) is 11.6 Å². The highest BCUT2D eigenvalue weighted by Gasteiger charge is 2.25. The van der Waals surface area contributed by atoms with Crippen molar-refractivity contribution in [1.82, 2.24) is 14.7 Å². The maximum atomic E-state index is 13.7. The van der Waals surface area contributed by atoms with Gasteiger partial charge in [0.25, 0.3) is 10.0 Å². The Morgan fingerprint density at radius 2 is 1.65 bits per heavy atom. The van der Waals surface area contributed by atoms with Gasteiger partial charge in [0.05, 0.1) is 28.3 Å². The fourth-order valence-corrected chi connectivity index (χ4v) is 4.30. The standard InChI is InChI=1S/C20H19Cl2F2N3O3S/c1-11(30-2)9-26-31(28,29)18-10-25-20(27-18)19(12-3-5-16(23)14(21)7-12)13-4-6-17(24)15(22)8-13/h3-8,10-11,19,26H,9H2,1-2H3,(H,25,27). The van der Waals surface area contributed by atoms with Gasteiger partial charge in [-0.25, -0.2) is 26.9 Å². The van der Waals surface area contributed by atoms with Gasteiger partial charge in [-0.05, 0) is 42.3 Å². The fraction of sp³-hybridized carbons (Fsp3) is 0.250. The Morgan fingerprint density at radius 1 is 1.10 bits per heavy atom. The molecule has 0 amide bonds. The van der Waals surface area contributed by atoms with Crippen molar-refractivity contribution in [2.45, 2.75) is 24.0 Å². The average Bonchev–Trinajstić information content (AvgIpc) is 3.22. The van der Waals surface area contributed by atoms with Crippen LogP contribution >= 0.6 is 23.2 Å². The first kappa shape index (κ1) is 23.6. The van der Waals surface area contributed by atoms with Crippen LogP contribution in [0.2, 0.25) is 10.0 Å². The molecule has 0 aliphatic rings. The molecule has 3 rings (SSSR count). The van der Waals surface area contributed by atoms with Gasteiger partial charge in [0, 0.05) is 13.7 Å². The molecule has 11 heteroatoms. The number of hydrogen-bond donors (Lipinski definition) is 2. The first-order valence-electron chi connectivity index (χ1n) is 9.09. The van der Waals surface area contributed by atoms with Crippen LogP contribution in [0.15, 0.2) is 47.6 Å². The molecule has 2 aromatic carbocycles. The minimum absolute atomic E-state index is 0.0672. The molecular formula is C20H19Cl2F2N3O3S. The fourth-order valence-electron chi connectivity index (χ4n) is 2.88. The molecule has 0 fully saturated rings. The summed E-state index contributed by atoms with van der Waals surface area (Å²) >= 11 is 11.9. The Balaban J connectivity index is 2.04. The second-order valence-electron chi connectivity index (χ2n) is 6.81. The van der Waals surface area contributed by atoms with Crippen LogP contribution in [0.3, 0.4) is 0 Å². The topological polar surface area (TPSA) is 84.1 Å². The monoisotopic (exact) mass is 489 g/mol. The summed E-state index contributed by atoms with van der Waals surface area (Å²) in [5, 5.41) is -0.409. The number of nitrogens with zero attached hydrogens (tertiary/aromatic N) is 1. The van der Waals surface area contributed by atoms with Crippen LogP contribution < -0.4 is 4.72 Å². The van der Waals surface area contributed by atoms with Crippen molar-refractivity contribution in [2.75, 3.05) is 13.7 Å². The number of ether oxygens (including phenoxy) is 1. The van der Waals surface area contributed by atoms with E-state index in [2.05, 4.69) is 14.7 Å². The van der Waals surface area contributed by atoms with E-state index < -0.39 is 27.6 Å². The molecule has 1 heterocycles. The van der Waals surface area contributed by atoms with Crippen LogP contribution in [0.4, 0.5) is 8.78 Å². The van der Waals surface area contributed by atoms with Crippen molar-refractivity contribution in [2.24, 2.45) is 0 Å². The van der Waals surface area contributed by atoms with E-state index in [1.807, 2.05) is 0 Å². The van der Waals surface area contributed by atoms with Gasteiger partial charge >= 0.3 is 0 Å². The lowest BCUT2D eigenvalue weighted by Gasteiger charge is -2.17. The van der Waals surface area contributed by atoms with Crippen LogP contribution in [-0.4, -0.2) is 38.1 Å². The smallest absolute Gasteiger partial charge is 0.257 e. The second-order valence-corrected chi connectivity index (χ2v) is 9.36. The quantitative estimate of drug-likeness (QED) is 0.488. The lowest BCUT2D eigenvalue weighted by Crippen LogP contribution is -2.31. The van der Waals surface area contributed by atoms with Crippen molar-refractivity contribution >= 4 is 33.2 Å². The molecule has 6 nitrogen and oxygen atoms in total. The van der Waals surface area contributed by atoms with Gasteiger partial charge in [-0.15, -0.1) is 0 Å². The lowest BCUT2D eigenvalue weighted by molar-refractivity contribution is 0.122. The van der Waals surface area contributed by atoms with Crippen LogP contribution in [0.5, 0.6) is 0 Å². The normalized spacial score (nSPS) is 13.0. The van der Waals surface area contributed by atoms with Crippen molar-refractivity contribution in [1.29, 1.82) is 0 Å². The minimum Gasteiger partial charge on any atom is -0.380 e. The lowest BCUT2D eigenvalue weighted by atomic mass is 9.90. The summed E-state index contributed by atoms with van der Waals surface area (Å²) in [4.78, 5) is 6.99. The maximum Gasteiger partial charge on any atom is 0.257 e. The van der Waals surface area contributed by atoms with Crippen molar-refractivity contribution in [3.05, 3.63) is 81.2 Å². The predicted octanol–water partition coefficient (Wildman–Crippen LogP) is 4.49. The van der Waals surface area contributed by atoms with E-state index >= 15 is 0 Å². The largest absolute Gasteiger partial charge is 0.380 e. The van der Waals surface area contributed by atoms with E-state index in [9.17, 15) is 17.2 Å². The summed E-state index contributed by atoms with van der Waals surface area (Å²) in [7, 11) is -2.42. The van der Waals surface area contributed by atoms with Gasteiger partial charge in [0.2, 0.25) is 0 Å². The molecule has 3 aromatic rings. The SMILES string of the molecule is COC(C)CNS(=O)(=O)c1cnc(C(c2ccc(F)c(Cl)c2)c2ccc(F)c(Cl)c2)[nH]1. The summed E-state index contributed by atoms with van der Waals surface area (Å²) < 4.78 is 60.0. The highest BCUT2D eigenvalue weighted by molar-refractivity contribution is 7.89. The van der Waals surface area contributed by atoms with E-state index in [-0.39, 0.29) is 33.5 Å². The van der Waals surface area contributed by atoms with E-state index in [0.717, 1.165) is 0 Å². The maximum absolute atomic E-state index is 13.7. The number of methoxy groups -OCH3 is 1. The Labute approximate surface area is 188 Å². The highest BCUT2D eigenvalue weighted by atomic mass is 35.5. The molecule has 0 radical (unpaired) electrons. The molecule has 1 aromatic heterocycles. The zero-order valence-corrected chi connectivity index (χ0v) is 18.8. The molecule has 0 aliphatic carbocycles. The summed E-state index contributed by atoms with van der Waals surface area (Å²) in [5.41, 5.74) is 1.02. The van der Waals surface area contributed by atoms with Gasteiger partial charge in [0.15, 0.2) is 5.03 Å². The molecule has 1 atom stereocenters. The van der Waals surface area contributed by atoms with Crippen molar-refractivity contribution < 1.29 is 21.9 Å². The number of H-pyrrole nitrogens is 1. The third-order valence-corrected chi connectivity index (χ3v) is 6.56. The highest BCUT2D eigenvalue weighted by Crippen LogP contribution is 2.34. The summed E-state index contributed by atoms with van der Waals surface area (Å²) in [6.45, 7) is 1.78. The number of halogens is 4. The Bertz CT molecular complexity index is 1140. The molecule has 166 valence electrons. The number of rotatable bonds is 8. The van der Waals surface area contributed by atoms with Gasteiger partial charge in [-0.2, -0.15) is 0 Å². The summed E-state index contributed by atoms with van der Waals surface area (Å²) in [6.07, 6.45) is 0.839. The van der Waals surface area contributed by atoms with Crippen LogP contribution in [0.1, 0.15) is 29.8 Å². The van der Waals surface area contributed by atoms with Gasteiger partial charge in [-0.1, -0.05) is 35.3 Å². The van der Waals surface area contributed by atoms with Crippen LogP contribution in [0.25, 0.3) is 0 Å². The Morgan fingerprint density at radius 3 is 2.13 bits per heavy atom. The molecule has 0 saturated carbocycles. The molecular weight excluding hydrogens is 471 g/mol. The Hall–Kier alpha value is -2.04. The van der Waals surface area contributed by atoms with E-state index in [1.165, 1.54) is 49.7 Å². The molecule has 0 aliphatic heterocycles. The molecule has 1 unspecified atom stereocenters. The second kappa shape index (κ2) is 9.62. The first-order valence-corrected chi connectivity index (χ1v) is 11.3. The molecule has 2 N–H and O–H groups in total. The van der Waals surface area contributed by atoms with Crippen LogP contribution in [-0.2, 0) is 14.8 Å². The number of imidazole rings is 1. The zero-order chi connectivity index (χ0) is 22.8. The number of sulfonamides is 1. The summed E-state index contributed by atoms with van der Waals surface area (Å²) in [6, 6.07) is 8.13. The predicted molar refractivity (Wildman–Crippen MR) is 114 cm³/mol. The van der Waals surface area contributed by atoms with Crippen molar-refractivity contribution in [3.63, 3.8) is 0 Å². The number of hydrogen-bond acceptors (Lipinski definition) is 4. The summed E-state index contributed by atoms with van der Waals surface area (Å²) in [5.74, 6) is -1.70. The van der Waals surface area contributed by atoms with Crippen molar-refractivity contribution in [3.8, 4) is 0 Å².